The second-order valence-corrected chi connectivity index (χ2v) is 7.43. The highest BCUT2D eigenvalue weighted by Gasteiger charge is 2.15. The minimum Gasteiger partial charge on any atom is -0.506 e. The van der Waals surface area contributed by atoms with Crippen molar-refractivity contribution in [3.8, 4) is 5.75 Å². The molecule has 104 valence electrons. The largest absolute Gasteiger partial charge is 0.506 e. The number of benzene rings is 1. The topological polar surface area (TPSA) is 49.3 Å². The van der Waals surface area contributed by atoms with Crippen molar-refractivity contribution in [3.05, 3.63) is 24.3 Å². The molecular weight excluding hydrogens is 278 g/mol. The Morgan fingerprint density at radius 2 is 2.21 bits per heavy atom. The van der Waals surface area contributed by atoms with Crippen LogP contribution in [0.25, 0.3) is 0 Å². The summed E-state index contributed by atoms with van der Waals surface area (Å²) in [4.78, 5) is 11.7. The van der Waals surface area contributed by atoms with Gasteiger partial charge in [-0.05, 0) is 31.4 Å². The zero-order chi connectivity index (χ0) is 13.5. The van der Waals surface area contributed by atoms with Crippen LogP contribution in [0.4, 0.5) is 5.69 Å². The molecular formula is C14H19NO2S2. The van der Waals surface area contributed by atoms with Gasteiger partial charge in [-0.25, -0.2) is 0 Å². The van der Waals surface area contributed by atoms with Crippen LogP contribution in [0.2, 0.25) is 0 Å². The van der Waals surface area contributed by atoms with Crippen LogP contribution >= 0.6 is 21.6 Å². The lowest BCUT2D eigenvalue weighted by atomic mass is 10.1. The number of carbonyl (C=O) groups excluding carboxylic acids is 1. The molecule has 2 rings (SSSR count). The molecule has 0 spiro atoms. The van der Waals surface area contributed by atoms with Gasteiger partial charge in [0, 0.05) is 17.4 Å². The van der Waals surface area contributed by atoms with E-state index in [-0.39, 0.29) is 11.7 Å². The molecule has 1 amide bonds. The number of nitrogens with one attached hydrogen (secondary N) is 1. The summed E-state index contributed by atoms with van der Waals surface area (Å²) in [5.74, 6) is 1.37. The van der Waals surface area contributed by atoms with Crippen molar-refractivity contribution in [1.29, 1.82) is 0 Å². The van der Waals surface area contributed by atoms with Gasteiger partial charge in [-0.3, -0.25) is 4.79 Å². The zero-order valence-corrected chi connectivity index (χ0v) is 12.4. The lowest BCUT2D eigenvalue weighted by molar-refractivity contribution is -0.116. The molecule has 0 aliphatic carbocycles. The van der Waals surface area contributed by atoms with Crippen LogP contribution < -0.4 is 5.32 Å². The summed E-state index contributed by atoms with van der Waals surface area (Å²) >= 11 is 0. The number of amides is 1. The van der Waals surface area contributed by atoms with Gasteiger partial charge in [-0.2, -0.15) is 0 Å². The summed E-state index contributed by atoms with van der Waals surface area (Å²) < 4.78 is 0. The third kappa shape index (κ3) is 4.99. The van der Waals surface area contributed by atoms with E-state index in [0.29, 0.717) is 12.1 Å². The summed E-state index contributed by atoms with van der Waals surface area (Å²) in [6, 6.07) is 6.82. The van der Waals surface area contributed by atoms with E-state index >= 15 is 0 Å². The molecule has 3 nitrogen and oxygen atoms in total. The number of rotatable bonds is 6. The number of phenolic OH excluding ortho intramolecular Hbond substituents is 1. The molecule has 19 heavy (non-hydrogen) atoms. The molecule has 1 aromatic rings. The Hall–Kier alpha value is -0.810. The summed E-state index contributed by atoms with van der Waals surface area (Å²) in [5.41, 5.74) is 0.496. The Morgan fingerprint density at radius 3 is 2.95 bits per heavy atom. The van der Waals surface area contributed by atoms with E-state index in [1.54, 1.807) is 24.3 Å². The zero-order valence-electron chi connectivity index (χ0n) is 10.8. The third-order valence-electron chi connectivity index (χ3n) is 3.09. The van der Waals surface area contributed by atoms with Gasteiger partial charge >= 0.3 is 0 Å². The first-order valence-electron chi connectivity index (χ1n) is 6.62. The Balaban J connectivity index is 1.63. The molecule has 0 saturated carbocycles. The van der Waals surface area contributed by atoms with Gasteiger partial charge in [0.15, 0.2) is 0 Å². The van der Waals surface area contributed by atoms with Crippen molar-refractivity contribution < 1.29 is 9.90 Å². The van der Waals surface area contributed by atoms with E-state index in [1.807, 2.05) is 21.6 Å². The molecule has 1 heterocycles. The van der Waals surface area contributed by atoms with Gasteiger partial charge in [0.1, 0.15) is 5.75 Å². The highest BCUT2D eigenvalue weighted by atomic mass is 33.1. The van der Waals surface area contributed by atoms with Gasteiger partial charge in [-0.1, -0.05) is 40.1 Å². The maximum Gasteiger partial charge on any atom is 0.224 e. The third-order valence-corrected chi connectivity index (χ3v) is 6.09. The Bertz CT molecular complexity index is 420. The van der Waals surface area contributed by atoms with Gasteiger partial charge in [-0.15, -0.1) is 0 Å². The maximum absolute atomic E-state index is 11.7. The van der Waals surface area contributed by atoms with E-state index in [1.165, 1.54) is 18.6 Å². The minimum atomic E-state index is -0.0186. The van der Waals surface area contributed by atoms with Crippen molar-refractivity contribution in [3.63, 3.8) is 0 Å². The number of anilines is 1. The standard InChI is InChI=1S/C14H19NO2S2/c16-13-7-3-2-6-12(13)15-14(17)8-4-1-5-11-9-10-18-19-11/h2-3,6-7,11,16H,1,4-5,8-10H2,(H,15,17)/t11-/m1/s1. The van der Waals surface area contributed by atoms with Gasteiger partial charge < -0.3 is 10.4 Å². The molecule has 1 aliphatic heterocycles. The molecule has 0 aromatic heterocycles. The number of aromatic hydroxyl groups is 1. The molecule has 1 atom stereocenters. The van der Waals surface area contributed by atoms with E-state index in [9.17, 15) is 9.90 Å². The molecule has 1 saturated heterocycles. The second kappa shape index (κ2) is 7.70. The Kier molecular flexibility index (Phi) is 5.92. The smallest absolute Gasteiger partial charge is 0.224 e. The minimum absolute atomic E-state index is 0.0186. The number of hydrogen-bond acceptors (Lipinski definition) is 4. The fourth-order valence-electron chi connectivity index (χ4n) is 2.01. The van der Waals surface area contributed by atoms with E-state index in [4.69, 9.17) is 0 Å². The first-order chi connectivity index (χ1) is 9.25. The lowest BCUT2D eigenvalue weighted by Gasteiger charge is -2.08. The number of phenols is 1. The average molecular weight is 297 g/mol. The molecule has 1 aromatic carbocycles. The van der Waals surface area contributed by atoms with E-state index in [2.05, 4.69) is 5.32 Å². The predicted octanol–water partition coefficient (Wildman–Crippen LogP) is 4.04. The van der Waals surface area contributed by atoms with Crippen LogP contribution in [0.3, 0.4) is 0 Å². The number of unbranched alkanes of at least 4 members (excludes halogenated alkanes) is 1. The van der Waals surface area contributed by atoms with E-state index in [0.717, 1.165) is 18.1 Å². The molecule has 1 aliphatic rings. The maximum atomic E-state index is 11.7. The van der Waals surface area contributed by atoms with Gasteiger partial charge in [0.25, 0.3) is 0 Å². The van der Waals surface area contributed by atoms with Crippen LogP contribution in [0, 0.1) is 0 Å². The Morgan fingerprint density at radius 1 is 1.37 bits per heavy atom. The second-order valence-electron chi connectivity index (χ2n) is 4.64. The van der Waals surface area contributed by atoms with Gasteiger partial charge in [0.2, 0.25) is 5.91 Å². The summed E-state index contributed by atoms with van der Waals surface area (Å²) in [6.07, 6.45) is 5.06. The van der Waals surface area contributed by atoms with E-state index < -0.39 is 0 Å². The predicted molar refractivity (Wildman–Crippen MR) is 83.7 cm³/mol. The first kappa shape index (κ1) is 14.6. The fourth-order valence-corrected chi connectivity index (χ4v) is 5.04. The van der Waals surface area contributed by atoms with Crippen molar-refractivity contribution in [2.24, 2.45) is 0 Å². The highest BCUT2D eigenvalue weighted by Crippen LogP contribution is 2.39. The molecule has 2 N–H and O–H groups in total. The number of para-hydroxylation sites is 2. The Labute approximate surface area is 121 Å². The van der Waals surface area contributed by atoms with Crippen LogP contribution in [0.5, 0.6) is 5.75 Å². The van der Waals surface area contributed by atoms with Gasteiger partial charge in [0.05, 0.1) is 5.69 Å². The molecule has 0 bridgehead atoms. The van der Waals surface area contributed by atoms with Crippen LogP contribution in [-0.2, 0) is 4.79 Å². The molecule has 1 fully saturated rings. The monoisotopic (exact) mass is 297 g/mol. The number of hydrogen-bond donors (Lipinski definition) is 2. The van der Waals surface area contributed by atoms with Crippen LogP contribution in [0.1, 0.15) is 32.1 Å². The summed E-state index contributed by atoms with van der Waals surface area (Å²) in [7, 11) is 3.95. The quantitative estimate of drug-likeness (QED) is 0.472. The summed E-state index contributed by atoms with van der Waals surface area (Å²) in [6.45, 7) is 0. The van der Waals surface area contributed by atoms with Crippen molar-refractivity contribution in [2.75, 3.05) is 11.1 Å². The van der Waals surface area contributed by atoms with Crippen LogP contribution in [-0.4, -0.2) is 22.0 Å². The number of carbonyl (C=O) groups is 1. The van der Waals surface area contributed by atoms with Crippen LogP contribution in [0.15, 0.2) is 24.3 Å². The van der Waals surface area contributed by atoms with Crippen molar-refractivity contribution >= 4 is 33.2 Å². The SMILES string of the molecule is O=C(CCCC[C@@H]1CCSS1)Nc1ccccc1O. The molecule has 0 radical (unpaired) electrons. The summed E-state index contributed by atoms with van der Waals surface area (Å²) in [5, 5.41) is 13.1. The molecule has 0 unspecified atom stereocenters. The molecule has 5 heteroatoms. The van der Waals surface area contributed by atoms with Crippen molar-refractivity contribution in [2.45, 2.75) is 37.4 Å². The average Bonchev–Trinajstić information content (AvgIpc) is 2.91. The normalized spacial score (nSPS) is 18.4. The lowest BCUT2D eigenvalue weighted by Crippen LogP contribution is -2.11. The van der Waals surface area contributed by atoms with Crippen molar-refractivity contribution in [1.82, 2.24) is 0 Å². The fraction of sp³-hybridized carbons (Fsp3) is 0.500. The first-order valence-corrected chi connectivity index (χ1v) is 9.00. The highest BCUT2D eigenvalue weighted by molar-refractivity contribution is 8.77.